The van der Waals surface area contributed by atoms with Gasteiger partial charge >= 0.3 is 0 Å². The van der Waals surface area contributed by atoms with Gasteiger partial charge in [0, 0.05) is 8.41 Å². The fourth-order valence-electron chi connectivity index (χ4n) is 0.205. The van der Waals surface area contributed by atoms with Gasteiger partial charge in [-0.1, -0.05) is 0 Å². The molecule has 0 unspecified atom stereocenters. The van der Waals surface area contributed by atoms with Crippen molar-refractivity contribution < 1.29 is 0 Å². The average Bonchev–Trinajstić information content (AvgIpc) is 1.72. The van der Waals surface area contributed by atoms with E-state index in [1.807, 2.05) is 0 Å². The van der Waals surface area contributed by atoms with Crippen LogP contribution in [0, 0.1) is 0 Å². The molecule has 0 aromatic carbocycles. The third-order valence-corrected chi connectivity index (χ3v) is 0.400. The number of hydrogen-bond donors (Lipinski definition) is 0. The molecule has 4 heteroatoms. The zero-order valence-electron chi connectivity index (χ0n) is 3.65. The lowest BCUT2D eigenvalue weighted by molar-refractivity contribution is 1.05. The van der Waals surface area contributed by atoms with Crippen LogP contribution in [0.4, 0.5) is 0 Å². The Morgan fingerprint density at radius 1 is 0.714 bits per heavy atom. The van der Waals surface area contributed by atoms with Crippen LogP contribution in [0.2, 0.25) is 0 Å². The molecule has 7 heavy (non-hydrogen) atoms. The maximum atomic E-state index is 3.56. The van der Waals surface area contributed by atoms with Crippen LogP contribution >= 0.6 is 0 Å². The van der Waals surface area contributed by atoms with E-state index in [0.717, 1.165) is 0 Å². The molecule has 0 fully saturated rings. The second kappa shape index (κ2) is 3.27. The van der Waals surface area contributed by atoms with E-state index in [4.69, 9.17) is 0 Å². The number of rotatable bonds is 0. The highest BCUT2D eigenvalue weighted by Crippen LogP contribution is 1.57. The molecule has 0 aliphatic carbocycles. The van der Waals surface area contributed by atoms with Crippen LogP contribution < -0.4 is 0 Å². The van der Waals surface area contributed by atoms with Gasteiger partial charge in [-0.3, -0.25) is 0 Å². The van der Waals surface area contributed by atoms with Crippen LogP contribution in [0.3, 0.4) is 0 Å². The maximum absolute atomic E-state index is 3.56. The summed E-state index contributed by atoms with van der Waals surface area (Å²) in [6.07, 6.45) is 4.31. The van der Waals surface area contributed by atoms with Crippen molar-refractivity contribution in [1.82, 2.24) is 15.0 Å². The van der Waals surface area contributed by atoms with E-state index in [1.54, 1.807) is 0 Å². The van der Waals surface area contributed by atoms with Crippen molar-refractivity contribution in [3.8, 4) is 0 Å². The second-order valence-corrected chi connectivity index (χ2v) is 0.794. The molecule has 0 spiro atoms. The Morgan fingerprint density at radius 3 is 1.14 bits per heavy atom. The summed E-state index contributed by atoms with van der Waals surface area (Å²) in [7, 11) is 0. The van der Waals surface area contributed by atoms with Gasteiger partial charge in [0.15, 0.2) is 0 Å². The molecule has 1 rings (SSSR count). The van der Waals surface area contributed by atoms with Crippen molar-refractivity contribution in [2.75, 3.05) is 0 Å². The van der Waals surface area contributed by atoms with Crippen LogP contribution in [0.25, 0.3) is 0 Å². The van der Waals surface area contributed by atoms with Crippen molar-refractivity contribution in [3.05, 3.63) is 19.0 Å². The molecule has 1 aromatic rings. The molecule has 0 saturated carbocycles. The van der Waals surface area contributed by atoms with Crippen molar-refractivity contribution in [1.29, 1.82) is 0 Å². The number of aromatic nitrogens is 3. The van der Waals surface area contributed by atoms with Gasteiger partial charge in [0.1, 0.15) is 19.0 Å². The van der Waals surface area contributed by atoms with Crippen molar-refractivity contribution in [2.45, 2.75) is 0 Å². The minimum Gasteiger partial charge on any atom is -0.225 e. The Morgan fingerprint density at radius 2 is 1.00 bits per heavy atom. The molecule has 0 N–H and O–H groups in total. The lowest BCUT2D eigenvalue weighted by Gasteiger charge is -1.69. The lowest BCUT2D eigenvalue weighted by atomic mass is 10.8. The summed E-state index contributed by atoms with van der Waals surface area (Å²) in [4.78, 5) is 10.7. The van der Waals surface area contributed by atoms with Gasteiger partial charge in [-0.2, -0.15) is 0 Å². The Kier molecular flexibility index (Phi) is 2.84. The molecule has 0 atom stereocenters. The van der Waals surface area contributed by atoms with Crippen molar-refractivity contribution in [3.63, 3.8) is 0 Å². The second-order valence-electron chi connectivity index (χ2n) is 0.794. The van der Waals surface area contributed by atoms with Crippen LogP contribution in [0.1, 0.15) is 0 Å². The molecule has 3 nitrogen and oxygen atoms in total. The SMILES string of the molecule is [B].c1ncncn1. The summed E-state index contributed by atoms with van der Waals surface area (Å²) in [5.41, 5.74) is 0. The largest absolute Gasteiger partial charge is 0.225 e. The summed E-state index contributed by atoms with van der Waals surface area (Å²) < 4.78 is 0. The van der Waals surface area contributed by atoms with Gasteiger partial charge in [-0.15, -0.1) is 0 Å². The lowest BCUT2D eigenvalue weighted by Crippen LogP contribution is -1.73. The molecule has 0 aliphatic rings. The first kappa shape index (κ1) is 6.07. The van der Waals surface area contributed by atoms with Gasteiger partial charge in [-0.25, -0.2) is 15.0 Å². The summed E-state index contributed by atoms with van der Waals surface area (Å²) in [6.45, 7) is 0. The van der Waals surface area contributed by atoms with Gasteiger partial charge in [0.2, 0.25) is 0 Å². The number of hydrogen-bond acceptors (Lipinski definition) is 3. The van der Waals surface area contributed by atoms with Crippen molar-refractivity contribution >= 4 is 8.41 Å². The quantitative estimate of drug-likeness (QED) is 0.404. The van der Waals surface area contributed by atoms with Crippen LogP contribution in [0.15, 0.2) is 19.0 Å². The van der Waals surface area contributed by atoms with E-state index >= 15 is 0 Å². The predicted molar refractivity (Wildman–Crippen MR) is 25.6 cm³/mol. The molecular formula is C3H3BN3. The standard InChI is InChI=1S/C3H3N3.B/c1-4-2-6-3-5-1;/h1-3H;. The zero-order chi connectivity index (χ0) is 4.24. The topological polar surface area (TPSA) is 38.7 Å². The summed E-state index contributed by atoms with van der Waals surface area (Å²) >= 11 is 0. The Bertz CT molecular complexity index is 82.1. The number of nitrogens with zero attached hydrogens (tertiary/aromatic N) is 3. The van der Waals surface area contributed by atoms with E-state index < -0.39 is 0 Å². The highest BCUT2D eigenvalue weighted by molar-refractivity contribution is 5.75. The van der Waals surface area contributed by atoms with Gasteiger partial charge in [0.25, 0.3) is 0 Å². The molecule has 3 radical (unpaired) electrons. The third-order valence-electron chi connectivity index (χ3n) is 0.400. The first-order valence-electron chi connectivity index (χ1n) is 1.55. The predicted octanol–water partition coefficient (Wildman–Crippen LogP) is -0.509. The molecule has 1 heterocycles. The highest BCUT2D eigenvalue weighted by Gasteiger charge is 1.59. The summed E-state index contributed by atoms with van der Waals surface area (Å²) in [5, 5.41) is 0. The van der Waals surface area contributed by atoms with E-state index in [2.05, 4.69) is 15.0 Å². The van der Waals surface area contributed by atoms with E-state index in [9.17, 15) is 0 Å². The van der Waals surface area contributed by atoms with Gasteiger partial charge < -0.3 is 0 Å². The monoisotopic (exact) mass is 92.0 g/mol. The fraction of sp³-hybridized carbons (Fsp3) is 0. The van der Waals surface area contributed by atoms with Crippen LogP contribution in [0.5, 0.6) is 0 Å². The molecule has 0 bridgehead atoms. The molecule has 0 amide bonds. The fourth-order valence-corrected chi connectivity index (χ4v) is 0.205. The van der Waals surface area contributed by atoms with E-state index in [1.165, 1.54) is 19.0 Å². The molecular weight excluding hydrogens is 88.9 g/mol. The highest BCUT2D eigenvalue weighted by atomic mass is 14.9. The minimum atomic E-state index is 0. The Hall–Kier alpha value is -0.925. The minimum absolute atomic E-state index is 0. The van der Waals surface area contributed by atoms with Crippen LogP contribution in [-0.4, -0.2) is 23.4 Å². The summed E-state index contributed by atoms with van der Waals surface area (Å²) in [5.74, 6) is 0. The molecule has 0 aliphatic heterocycles. The molecule has 1 aromatic heterocycles. The van der Waals surface area contributed by atoms with Gasteiger partial charge in [-0.05, 0) is 0 Å². The van der Waals surface area contributed by atoms with Crippen LogP contribution in [-0.2, 0) is 0 Å². The van der Waals surface area contributed by atoms with E-state index in [-0.39, 0.29) is 8.41 Å². The van der Waals surface area contributed by atoms with Gasteiger partial charge in [0.05, 0.1) is 0 Å². The summed E-state index contributed by atoms with van der Waals surface area (Å²) in [6, 6.07) is 0. The Labute approximate surface area is 43.4 Å². The normalized spacial score (nSPS) is 6.86. The average molecular weight is 91.9 g/mol. The van der Waals surface area contributed by atoms with E-state index in [0.29, 0.717) is 0 Å². The maximum Gasteiger partial charge on any atom is 0.119 e. The molecule has 33 valence electrons. The van der Waals surface area contributed by atoms with Crippen molar-refractivity contribution in [2.24, 2.45) is 0 Å². The molecule has 0 saturated heterocycles. The zero-order valence-corrected chi connectivity index (χ0v) is 3.65. The Balaban J connectivity index is 0.000000360. The first-order valence-corrected chi connectivity index (χ1v) is 1.55. The smallest absolute Gasteiger partial charge is 0.119 e. The third kappa shape index (κ3) is 1.86. The first-order chi connectivity index (χ1) is 3.00.